The predicted molar refractivity (Wildman–Crippen MR) is 54.4 cm³/mol. The van der Waals surface area contributed by atoms with Crippen molar-refractivity contribution in [2.24, 2.45) is 0 Å². The van der Waals surface area contributed by atoms with Crippen LogP contribution in [-0.4, -0.2) is 17.7 Å². The molecular weight excluding hydrogens is 139 g/mol. The van der Waals surface area contributed by atoms with E-state index in [2.05, 4.69) is 46.4 Å². The maximum atomic E-state index is 2.32. The summed E-state index contributed by atoms with van der Waals surface area (Å²) < 4.78 is 0. The molecule has 0 heterocycles. The SMILES string of the molecule is CC(C)BC(C)SC(C)C. The van der Waals surface area contributed by atoms with Crippen LogP contribution in [0.2, 0.25) is 5.82 Å². The first-order valence-electron chi connectivity index (χ1n) is 4.17. The van der Waals surface area contributed by atoms with Gasteiger partial charge in [0.1, 0.15) is 7.28 Å². The van der Waals surface area contributed by atoms with Crippen molar-refractivity contribution in [1.82, 2.24) is 0 Å². The molecule has 60 valence electrons. The Bertz CT molecular complexity index is 71.3. The summed E-state index contributed by atoms with van der Waals surface area (Å²) in [5.74, 6) is 0.848. The van der Waals surface area contributed by atoms with E-state index in [1.807, 2.05) is 0 Å². The zero-order valence-electron chi connectivity index (χ0n) is 7.85. The fourth-order valence-corrected chi connectivity index (χ4v) is 2.61. The van der Waals surface area contributed by atoms with E-state index in [1.165, 1.54) is 7.28 Å². The molecule has 0 aliphatic rings. The molecule has 0 aliphatic carbocycles. The molecule has 0 spiro atoms. The lowest BCUT2D eigenvalue weighted by Gasteiger charge is -2.13. The highest BCUT2D eigenvalue weighted by molar-refractivity contribution is 8.01. The second-order valence-electron chi connectivity index (χ2n) is 3.63. The average molecular weight is 158 g/mol. The molecular formula is C8H19BS. The minimum absolute atomic E-state index is 0.786. The minimum Gasteiger partial charge on any atom is -0.165 e. The van der Waals surface area contributed by atoms with Gasteiger partial charge in [-0.1, -0.05) is 40.4 Å². The summed E-state index contributed by atoms with van der Waals surface area (Å²) in [5.41, 5.74) is 0. The van der Waals surface area contributed by atoms with E-state index in [1.54, 1.807) is 0 Å². The van der Waals surface area contributed by atoms with Gasteiger partial charge in [-0.15, -0.1) is 0 Å². The van der Waals surface area contributed by atoms with Gasteiger partial charge in [-0.25, -0.2) is 0 Å². The number of thioether (sulfide) groups is 1. The van der Waals surface area contributed by atoms with E-state index >= 15 is 0 Å². The molecule has 0 radical (unpaired) electrons. The highest BCUT2D eigenvalue weighted by Gasteiger charge is 2.08. The summed E-state index contributed by atoms with van der Waals surface area (Å²) in [6.07, 6.45) is 0. The van der Waals surface area contributed by atoms with Crippen molar-refractivity contribution >= 4 is 19.0 Å². The number of rotatable bonds is 4. The van der Waals surface area contributed by atoms with Gasteiger partial charge in [0.15, 0.2) is 0 Å². The van der Waals surface area contributed by atoms with E-state index in [0.29, 0.717) is 0 Å². The van der Waals surface area contributed by atoms with Gasteiger partial charge in [0.2, 0.25) is 0 Å². The van der Waals surface area contributed by atoms with Crippen molar-refractivity contribution in [1.29, 1.82) is 0 Å². The molecule has 0 aromatic rings. The Kier molecular flexibility index (Phi) is 5.33. The first-order chi connectivity index (χ1) is 4.52. The van der Waals surface area contributed by atoms with Crippen LogP contribution in [0.5, 0.6) is 0 Å². The summed E-state index contributed by atoms with van der Waals surface area (Å²) in [7, 11) is 1.35. The van der Waals surface area contributed by atoms with Crippen molar-refractivity contribution in [2.45, 2.75) is 50.8 Å². The maximum absolute atomic E-state index is 2.32. The first-order valence-corrected chi connectivity index (χ1v) is 5.12. The molecule has 0 aliphatic heterocycles. The first kappa shape index (κ1) is 10.4. The largest absolute Gasteiger partial charge is 0.165 e. The molecule has 0 saturated carbocycles. The third-order valence-electron chi connectivity index (χ3n) is 1.31. The molecule has 0 aromatic carbocycles. The monoisotopic (exact) mass is 158 g/mol. The summed E-state index contributed by atoms with van der Waals surface area (Å²) >= 11 is 2.08. The lowest BCUT2D eigenvalue weighted by Crippen LogP contribution is -2.13. The van der Waals surface area contributed by atoms with Gasteiger partial charge in [0.05, 0.1) is 0 Å². The van der Waals surface area contributed by atoms with Crippen LogP contribution in [0.3, 0.4) is 0 Å². The Balaban J connectivity index is 3.34. The fraction of sp³-hybridized carbons (Fsp3) is 1.00. The van der Waals surface area contributed by atoms with Crippen LogP contribution in [0.4, 0.5) is 0 Å². The third-order valence-corrected chi connectivity index (χ3v) is 2.51. The van der Waals surface area contributed by atoms with Gasteiger partial charge >= 0.3 is 0 Å². The van der Waals surface area contributed by atoms with Gasteiger partial charge in [0, 0.05) is 0 Å². The van der Waals surface area contributed by atoms with Crippen LogP contribution >= 0.6 is 11.8 Å². The van der Waals surface area contributed by atoms with E-state index in [9.17, 15) is 0 Å². The number of hydrogen-bond acceptors (Lipinski definition) is 1. The van der Waals surface area contributed by atoms with E-state index < -0.39 is 0 Å². The highest BCUT2D eigenvalue weighted by Crippen LogP contribution is 2.18. The van der Waals surface area contributed by atoms with E-state index in [0.717, 1.165) is 16.2 Å². The van der Waals surface area contributed by atoms with Gasteiger partial charge in [-0.3, -0.25) is 0 Å². The standard InChI is InChI=1S/C8H19BS/c1-6(2)9-8(5)10-7(3)4/h6-9H,1-5H3. The fourth-order valence-electron chi connectivity index (χ4n) is 1.18. The van der Waals surface area contributed by atoms with Crippen molar-refractivity contribution in [2.75, 3.05) is 0 Å². The van der Waals surface area contributed by atoms with Crippen molar-refractivity contribution in [3.05, 3.63) is 0 Å². The zero-order valence-corrected chi connectivity index (χ0v) is 8.66. The van der Waals surface area contributed by atoms with Gasteiger partial charge < -0.3 is 0 Å². The van der Waals surface area contributed by atoms with Gasteiger partial charge in [-0.2, -0.15) is 11.8 Å². The third kappa shape index (κ3) is 6.53. The molecule has 0 saturated heterocycles. The molecule has 1 unspecified atom stereocenters. The van der Waals surface area contributed by atoms with Crippen LogP contribution in [0, 0.1) is 0 Å². The molecule has 1 atom stereocenters. The Labute approximate surface area is 70.4 Å². The molecule has 0 bridgehead atoms. The molecule has 0 rings (SSSR count). The lowest BCUT2D eigenvalue weighted by atomic mass is 9.64. The zero-order chi connectivity index (χ0) is 8.15. The summed E-state index contributed by atoms with van der Waals surface area (Å²) in [4.78, 5) is 0. The van der Waals surface area contributed by atoms with Gasteiger partial charge in [-0.05, 0) is 10.4 Å². The van der Waals surface area contributed by atoms with Crippen LogP contribution in [0.25, 0.3) is 0 Å². The van der Waals surface area contributed by atoms with Crippen molar-refractivity contribution in [3.63, 3.8) is 0 Å². The van der Waals surface area contributed by atoms with Crippen LogP contribution in [0.15, 0.2) is 0 Å². The molecule has 0 fully saturated rings. The van der Waals surface area contributed by atoms with Crippen LogP contribution < -0.4 is 0 Å². The van der Waals surface area contributed by atoms with Crippen LogP contribution in [0.1, 0.15) is 34.6 Å². The summed E-state index contributed by atoms with van der Waals surface area (Å²) in [5, 5.41) is 1.62. The Morgan fingerprint density at radius 2 is 1.50 bits per heavy atom. The van der Waals surface area contributed by atoms with E-state index in [-0.39, 0.29) is 0 Å². The molecule has 0 amide bonds. The summed E-state index contributed by atoms with van der Waals surface area (Å²) in [6.45, 7) is 11.4. The predicted octanol–water partition coefficient (Wildman–Crippen LogP) is 2.74. The van der Waals surface area contributed by atoms with Crippen molar-refractivity contribution < 1.29 is 0 Å². The number of hydrogen-bond donors (Lipinski definition) is 0. The normalized spacial score (nSPS) is 14.3. The summed E-state index contributed by atoms with van der Waals surface area (Å²) in [6, 6.07) is 0. The van der Waals surface area contributed by atoms with Crippen molar-refractivity contribution in [3.8, 4) is 0 Å². The van der Waals surface area contributed by atoms with E-state index in [4.69, 9.17) is 0 Å². The second kappa shape index (κ2) is 5.12. The molecule has 2 heteroatoms. The lowest BCUT2D eigenvalue weighted by molar-refractivity contribution is 1.04. The smallest absolute Gasteiger partial charge is 0.139 e. The Morgan fingerprint density at radius 3 is 1.80 bits per heavy atom. The quantitative estimate of drug-likeness (QED) is 0.567. The average Bonchev–Trinajstić information content (AvgIpc) is 1.58. The van der Waals surface area contributed by atoms with Crippen LogP contribution in [-0.2, 0) is 0 Å². The highest BCUT2D eigenvalue weighted by atomic mass is 32.2. The molecule has 0 N–H and O–H groups in total. The maximum Gasteiger partial charge on any atom is 0.139 e. The molecule has 10 heavy (non-hydrogen) atoms. The molecule has 0 nitrogen and oxygen atoms in total. The Hall–Kier alpha value is 0.415. The second-order valence-corrected chi connectivity index (χ2v) is 5.64. The van der Waals surface area contributed by atoms with Gasteiger partial charge in [0.25, 0.3) is 0 Å². The Morgan fingerprint density at radius 1 is 1.00 bits per heavy atom. The molecule has 0 aromatic heterocycles. The topological polar surface area (TPSA) is 0 Å². The minimum atomic E-state index is 0.786.